The molecule has 0 aliphatic heterocycles. The highest BCUT2D eigenvalue weighted by Crippen LogP contribution is 2.23. The van der Waals surface area contributed by atoms with Gasteiger partial charge in [-0.2, -0.15) is 0 Å². The van der Waals surface area contributed by atoms with E-state index in [1.807, 2.05) is 36.4 Å². The van der Waals surface area contributed by atoms with Crippen LogP contribution in [0.15, 0.2) is 96.0 Å². The van der Waals surface area contributed by atoms with Gasteiger partial charge in [-0.1, -0.05) is 60.7 Å². The average molecular weight is 377 g/mol. The summed E-state index contributed by atoms with van der Waals surface area (Å²) in [5.41, 5.74) is 2.50. The molecule has 140 valence electrons. The van der Waals surface area contributed by atoms with Crippen LogP contribution < -0.4 is 4.74 Å². The molecule has 6 heteroatoms. The van der Waals surface area contributed by atoms with Crippen LogP contribution in [0.25, 0.3) is 5.76 Å². The molecule has 0 saturated carbocycles. The number of ether oxygens (including phenoxy) is 1. The Kier molecular flexibility index (Phi) is 6.57. The molecular formula is C22H18BF2NO2. The van der Waals surface area contributed by atoms with Crippen LogP contribution in [0.5, 0.6) is 5.75 Å². The standard InChI is InChI=1S/C22H18BF2NO2/c1-27-20-14-12-19(13-15-20)26-21(17-8-4-2-5-9-17)16-22(28-23(24)25)18-10-6-3-7-11-18/h2-16H,1H3/b22-16-,26-21?. The summed E-state index contributed by atoms with van der Waals surface area (Å²) in [5, 5.41) is 0. The summed E-state index contributed by atoms with van der Waals surface area (Å²) in [6.07, 6.45) is 1.53. The Hall–Kier alpha value is -3.41. The van der Waals surface area contributed by atoms with E-state index in [-0.39, 0.29) is 5.76 Å². The molecule has 0 aromatic heterocycles. The highest BCUT2D eigenvalue weighted by Gasteiger charge is 2.21. The van der Waals surface area contributed by atoms with E-state index in [0.29, 0.717) is 22.7 Å². The number of halogens is 2. The maximum atomic E-state index is 13.0. The number of nitrogens with zero attached hydrogens (tertiary/aromatic N) is 1. The van der Waals surface area contributed by atoms with Crippen LogP contribution in [-0.4, -0.2) is 20.3 Å². The number of methoxy groups -OCH3 is 1. The Balaban J connectivity index is 2.08. The van der Waals surface area contributed by atoms with Crippen molar-refractivity contribution in [2.24, 2.45) is 4.99 Å². The molecule has 0 aliphatic rings. The van der Waals surface area contributed by atoms with Crippen LogP contribution in [0.1, 0.15) is 11.1 Å². The van der Waals surface area contributed by atoms with Crippen LogP contribution in [0, 0.1) is 0 Å². The van der Waals surface area contributed by atoms with Gasteiger partial charge in [-0.25, -0.2) is 13.6 Å². The molecule has 0 heterocycles. The first-order chi connectivity index (χ1) is 13.7. The quantitative estimate of drug-likeness (QED) is 0.296. The number of aliphatic imine (C=N–C) groups is 1. The van der Waals surface area contributed by atoms with Crippen molar-refractivity contribution in [1.82, 2.24) is 0 Å². The Morgan fingerprint density at radius 3 is 1.93 bits per heavy atom. The maximum absolute atomic E-state index is 13.0. The van der Waals surface area contributed by atoms with Crippen molar-refractivity contribution in [3.8, 4) is 5.75 Å². The first-order valence-corrected chi connectivity index (χ1v) is 8.66. The molecule has 0 unspecified atom stereocenters. The lowest BCUT2D eigenvalue weighted by Crippen LogP contribution is -2.07. The average Bonchev–Trinajstić information content (AvgIpc) is 2.74. The van der Waals surface area contributed by atoms with Crippen molar-refractivity contribution in [3.05, 3.63) is 102 Å². The van der Waals surface area contributed by atoms with E-state index >= 15 is 0 Å². The lowest BCUT2D eigenvalue weighted by molar-refractivity contribution is 0.397. The van der Waals surface area contributed by atoms with Crippen molar-refractivity contribution in [1.29, 1.82) is 0 Å². The summed E-state index contributed by atoms with van der Waals surface area (Å²) in [4.78, 5) is 4.64. The minimum Gasteiger partial charge on any atom is -0.505 e. The van der Waals surface area contributed by atoms with Crippen LogP contribution in [-0.2, 0) is 4.65 Å². The lowest BCUT2D eigenvalue weighted by Gasteiger charge is -2.11. The van der Waals surface area contributed by atoms with E-state index in [0.717, 1.165) is 5.56 Å². The molecule has 0 bridgehead atoms. The molecule has 0 saturated heterocycles. The molecular weight excluding hydrogens is 359 g/mol. The van der Waals surface area contributed by atoms with Crippen molar-refractivity contribution in [2.45, 2.75) is 0 Å². The summed E-state index contributed by atoms with van der Waals surface area (Å²) in [6.45, 7) is 0. The fourth-order valence-electron chi connectivity index (χ4n) is 2.59. The predicted molar refractivity (Wildman–Crippen MR) is 109 cm³/mol. The van der Waals surface area contributed by atoms with Gasteiger partial charge in [-0.05, 0) is 24.3 Å². The van der Waals surface area contributed by atoms with E-state index in [1.165, 1.54) is 6.08 Å². The highest BCUT2D eigenvalue weighted by atomic mass is 19.2. The number of benzene rings is 3. The summed E-state index contributed by atoms with van der Waals surface area (Å²) < 4.78 is 36.0. The Labute approximate surface area is 163 Å². The van der Waals surface area contributed by atoms with Gasteiger partial charge in [0, 0.05) is 17.2 Å². The molecule has 0 N–H and O–H groups in total. The van der Waals surface area contributed by atoms with Gasteiger partial charge in [0.1, 0.15) is 11.5 Å². The molecule has 0 amide bonds. The topological polar surface area (TPSA) is 30.8 Å². The zero-order valence-corrected chi connectivity index (χ0v) is 15.3. The lowest BCUT2D eigenvalue weighted by atomic mass is 10.1. The smallest absolute Gasteiger partial charge is 0.505 e. The molecule has 3 nitrogen and oxygen atoms in total. The second kappa shape index (κ2) is 9.51. The van der Waals surface area contributed by atoms with Gasteiger partial charge in [-0.3, -0.25) is 0 Å². The molecule has 0 radical (unpaired) electrons. The van der Waals surface area contributed by atoms with Crippen LogP contribution >= 0.6 is 0 Å². The van der Waals surface area contributed by atoms with Gasteiger partial charge in [0.15, 0.2) is 0 Å². The fourth-order valence-corrected chi connectivity index (χ4v) is 2.59. The molecule has 3 rings (SSSR count). The summed E-state index contributed by atoms with van der Waals surface area (Å²) in [7, 11) is -1.35. The fraction of sp³-hybridized carbons (Fsp3) is 0.0455. The first-order valence-electron chi connectivity index (χ1n) is 8.66. The van der Waals surface area contributed by atoms with E-state index in [4.69, 9.17) is 9.39 Å². The summed E-state index contributed by atoms with van der Waals surface area (Å²) >= 11 is 0. The predicted octanol–water partition coefficient (Wildman–Crippen LogP) is 5.80. The number of hydrogen-bond acceptors (Lipinski definition) is 3. The van der Waals surface area contributed by atoms with Gasteiger partial charge in [-0.15, -0.1) is 0 Å². The molecule has 0 spiro atoms. The number of hydrogen-bond donors (Lipinski definition) is 0. The van der Waals surface area contributed by atoms with Crippen LogP contribution in [0.4, 0.5) is 14.3 Å². The van der Waals surface area contributed by atoms with Crippen LogP contribution in [0.3, 0.4) is 0 Å². The summed E-state index contributed by atoms with van der Waals surface area (Å²) in [6, 6.07) is 25.3. The zero-order valence-electron chi connectivity index (χ0n) is 15.3. The van der Waals surface area contributed by atoms with Crippen LogP contribution in [0.2, 0.25) is 0 Å². The minimum atomic E-state index is -2.94. The molecule has 3 aromatic carbocycles. The first kappa shape index (κ1) is 19.4. The summed E-state index contributed by atoms with van der Waals surface area (Å²) in [5.74, 6) is 0.758. The molecule has 3 aromatic rings. The maximum Gasteiger partial charge on any atom is 0.796 e. The Morgan fingerprint density at radius 2 is 1.39 bits per heavy atom. The van der Waals surface area contributed by atoms with Gasteiger partial charge < -0.3 is 9.39 Å². The molecule has 28 heavy (non-hydrogen) atoms. The highest BCUT2D eigenvalue weighted by molar-refractivity contribution is 6.36. The van der Waals surface area contributed by atoms with Crippen molar-refractivity contribution in [3.63, 3.8) is 0 Å². The van der Waals surface area contributed by atoms with Crippen molar-refractivity contribution < 1.29 is 18.0 Å². The number of allylic oxidation sites excluding steroid dienone is 1. The van der Waals surface area contributed by atoms with Gasteiger partial charge in [0.2, 0.25) is 0 Å². The van der Waals surface area contributed by atoms with Gasteiger partial charge in [0.05, 0.1) is 18.5 Å². The normalized spacial score (nSPS) is 11.8. The molecule has 0 fully saturated rings. The van der Waals surface area contributed by atoms with Gasteiger partial charge in [0.25, 0.3) is 0 Å². The van der Waals surface area contributed by atoms with Gasteiger partial charge >= 0.3 is 7.47 Å². The molecule has 0 aliphatic carbocycles. The SMILES string of the molecule is COc1ccc(N=C(/C=C(\OB(F)F)c2ccccc2)c2ccccc2)cc1. The third kappa shape index (κ3) is 5.30. The van der Waals surface area contributed by atoms with E-state index < -0.39 is 7.47 Å². The van der Waals surface area contributed by atoms with E-state index in [9.17, 15) is 8.63 Å². The van der Waals surface area contributed by atoms with Crippen molar-refractivity contribution >= 4 is 24.6 Å². The van der Waals surface area contributed by atoms with Crippen molar-refractivity contribution in [2.75, 3.05) is 7.11 Å². The third-order valence-corrected chi connectivity index (χ3v) is 3.93. The minimum absolute atomic E-state index is 0.0479. The third-order valence-electron chi connectivity index (χ3n) is 3.93. The zero-order chi connectivity index (χ0) is 19.8. The monoisotopic (exact) mass is 377 g/mol. The Morgan fingerprint density at radius 1 is 0.821 bits per heavy atom. The second-order valence-corrected chi connectivity index (χ2v) is 5.81. The molecule has 0 atom stereocenters. The largest absolute Gasteiger partial charge is 0.796 e. The van der Waals surface area contributed by atoms with E-state index in [1.54, 1.807) is 55.6 Å². The van der Waals surface area contributed by atoms with E-state index in [2.05, 4.69) is 4.99 Å². The Bertz CT molecular complexity index is 943. The number of rotatable bonds is 7. The second-order valence-electron chi connectivity index (χ2n) is 5.81.